The second-order valence-corrected chi connectivity index (χ2v) is 9.99. The number of hydrogen-bond acceptors (Lipinski definition) is 8. The number of ketones is 1. The Morgan fingerprint density at radius 2 is 1.68 bits per heavy atom. The molecule has 0 N–H and O–H groups in total. The molecule has 2 aromatic heterocycles. The summed E-state index contributed by atoms with van der Waals surface area (Å²) in [5.74, 6) is 0.248. The van der Waals surface area contributed by atoms with Gasteiger partial charge in [0.05, 0.1) is 37.9 Å². The van der Waals surface area contributed by atoms with Gasteiger partial charge in [0.15, 0.2) is 11.2 Å². The van der Waals surface area contributed by atoms with Crippen molar-refractivity contribution in [3.8, 4) is 23.0 Å². The second-order valence-electron chi connectivity index (χ2n) is 9.99. The number of nitrogens with zero attached hydrogens (tertiary/aromatic N) is 1. The van der Waals surface area contributed by atoms with Gasteiger partial charge in [0.1, 0.15) is 28.6 Å². The van der Waals surface area contributed by atoms with Gasteiger partial charge in [-0.1, -0.05) is 0 Å². The average molecular weight is 550 g/mol. The van der Waals surface area contributed by atoms with Crippen LogP contribution in [0.4, 0.5) is 0 Å². The fraction of sp³-hybridized carbons (Fsp3) is 0.156. The summed E-state index contributed by atoms with van der Waals surface area (Å²) in [4.78, 5) is 39.8. The van der Waals surface area contributed by atoms with Gasteiger partial charge in [-0.15, -0.1) is 0 Å². The van der Waals surface area contributed by atoms with Crippen molar-refractivity contribution >= 4 is 39.7 Å². The first-order valence-electron chi connectivity index (χ1n) is 12.9. The minimum atomic E-state index is -0.748. The van der Waals surface area contributed by atoms with Crippen molar-refractivity contribution < 1.29 is 33.0 Å². The molecule has 2 aliphatic heterocycles. The Kier molecular flexibility index (Phi) is 5.50. The molecule has 41 heavy (non-hydrogen) atoms. The van der Waals surface area contributed by atoms with Gasteiger partial charge in [-0.25, -0.2) is 0 Å². The van der Waals surface area contributed by atoms with E-state index in [0.29, 0.717) is 33.6 Å². The lowest BCUT2D eigenvalue weighted by atomic mass is 9.85. The summed E-state index contributed by atoms with van der Waals surface area (Å²) in [7, 11) is 5.03. The second kappa shape index (κ2) is 9.12. The lowest BCUT2D eigenvalue weighted by Crippen LogP contribution is -2.25. The minimum Gasteiger partial charge on any atom is -0.497 e. The van der Waals surface area contributed by atoms with Crippen LogP contribution in [0.5, 0.6) is 23.0 Å². The Morgan fingerprint density at radius 3 is 2.46 bits per heavy atom. The number of methoxy groups -OCH3 is 2. The van der Waals surface area contributed by atoms with Gasteiger partial charge in [-0.3, -0.25) is 14.4 Å². The van der Waals surface area contributed by atoms with Gasteiger partial charge in [0.25, 0.3) is 0 Å². The molecule has 0 bridgehead atoms. The van der Waals surface area contributed by atoms with Crippen molar-refractivity contribution in [2.24, 2.45) is 7.05 Å². The van der Waals surface area contributed by atoms with Gasteiger partial charge >= 0.3 is 5.97 Å². The summed E-state index contributed by atoms with van der Waals surface area (Å²) < 4.78 is 30.2. The van der Waals surface area contributed by atoms with Crippen LogP contribution in [-0.2, 0) is 11.8 Å². The molecule has 1 atom stereocenters. The predicted molar refractivity (Wildman–Crippen MR) is 150 cm³/mol. The van der Waals surface area contributed by atoms with Crippen LogP contribution in [0.2, 0.25) is 0 Å². The van der Waals surface area contributed by atoms with E-state index in [0.717, 1.165) is 16.5 Å². The van der Waals surface area contributed by atoms with Crippen LogP contribution >= 0.6 is 0 Å². The molecule has 3 aromatic carbocycles. The fourth-order valence-corrected chi connectivity index (χ4v) is 5.65. The number of ether oxygens (including phenoxy) is 4. The van der Waals surface area contributed by atoms with Crippen LogP contribution in [-0.4, -0.2) is 30.5 Å². The number of rotatable bonds is 4. The van der Waals surface area contributed by atoms with E-state index in [1.807, 2.05) is 36.0 Å². The first kappa shape index (κ1) is 24.7. The van der Waals surface area contributed by atoms with Crippen LogP contribution in [0, 0.1) is 0 Å². The first-order valence-corrected chi connectivity index (χ1v) is 12.9. The molecule has 9 heteroatoms. The Hall–Kier alpha value is -5.31. The topological polar surface area (TPSA) is 106 Å². The van der Waals surface area contributed by atoms with Crippen molar-refractivity contribution in [3.05, 3.63) is 99.2 Å². The molecule has 9 nitrogen and oxygen atoms in total. The summed E-state index contributed by atoms with van der Waals surface area (Å²) in [6, 6.07) is 13.8. The molecule has 0 aliphatic carbocycles. The molecule has 0 unspecified atom stereocenters. The molecular weight excluding hydrogens is 526 g/mol. The molecule has 0 fully saturated rings. The zero-order valence-corrected chi connectivity index (χ0v) is 22.3. The van der Waals surface area contributed by atoms with E-state index in [2.05, 4.69) is 0 Å². The lowest BCUT2D eigenvalue weighted by molar-refractivity contribution is -0.135. The molecule has 7 rings (SSSR count). The SMILES string of the molecule is COc1ccc2c(c1)c(/C=C1\Oc3c(ccc4c3[C@@H](c3coc5ccc(OC)cc5c3=O)CC(=O)O4)C1=O)cn2C. The third kappa shape index (κ3) is 3.81. The maximum atomic E-state index is 13.7. The molecule has 0 radical (unpaired) electrons. The average Bonchev–Trinajstić information content (AvgIpc) is 3.47. The quantitative estimate of drug-likeness (QED) is 0.168. The highest BCUT2D eigenvalue weighted by atomic mass is 16.5. The summed E-state index contributed by atoms with van der Waals surface area (Å²) in [6.45, 7) is 0. The van der Waals surface area contributed by atoms with Crippen molar-refractivity contribution in [3.63, 3.8) is 0 Å². The van der Waals surface area contributed by atoms with E-state index < -0.39 is 11.9 Å². The standard InChI is InChI=1S/C32H23NO8/c1-33-14-16(20-11-17(37-2)4-7-24(20)33)10-27-31(36)19-6-9-26-29(32(19)41-27)21(13-28(34)40-26)23-15-39-25-8-5-18(38-3)12-22(25)30(23)35/h4-12,14-15,21H,13H2,1-3H3/b27-10-/t21-/m1/s1. The Balaban J connectivity index is 1.36. The van der Waals surface area contributed by atoms with Crippen LogP contribution in [0.3, 0.4) is 0 Å². The first-order chi connectivity index (χ1) is 19.9. The van der Waals surface area contributed by atoms with Crippen molar-refractivity contribution in [1.82, 2.24) is 4.57 Å². The van der Waals surface area contributed by atoms with Crippen LogP contribution in [0.25, 0.3) is 27.9 Å². The smallest absolute Gasteiger partial charge is 0.312 e. The van der Waals surface area contributed by atoms with Crippen molar-refractivity contribution in [1.29, 1.82) is 0 Å². The zero-order chi connectivity index (χ0) is 28.4. The zero-order valence-electron chi connectivity index (χ0n) is 22.3. The molecule has 204 valence electrons. The molecule has 0 saturated heterocycles. The number of carbonyl (C=O) groups excluding carboxylic acids is 2. The molecule has 5 aromatic rings. The molecule has 2 aliphatic rings. The van der Waals surface area contributed by atoms with Gasteiger partial charge in [-0.2, -0.15) is 0 Å². The van der Waals surface area contributed by atoms with Gasteiger partial charge in [0.2, 0.25) is 5.78 Å². The van der Waals surface area contributed by atoms with Crippen LogP contribution in [0.15, 0.2) is 76.0 Å². The number of benzene rings is 3. The highest BCUT2D eigenvalue weighted by molar-refractivity contribution is 6.16. The summed E-state index contributed by atoms with van der Waals surface area (Å²) in [5.41, 5.74) is 2.85. The third-order valence-electron chi connectivity index (χ3n) is 7.68. The Morgan fingerprint density at radius 1 is 0.927 bits per heavy atom. The van der Waals surface area contributed by atoms with E-state index in [9.17, 15) is 14.4 Å². The highest BCUT2D eigenvalue weighted by Crippen LogP contribution is 2.48. The summed E-state index contributed by atoms with van der Waals surface area (Å²) >= 11 is 0. The normalized spacial score (nSPS) is 17.0. The largest absolute Gasteiger partial charge is 0.497 e. The van der Waals surface area contributed by atoms with Crippen molar-refractivity contribution in [2.45, 2.75) is 12.3 Å². The van der Waals surface area contributed by atoms with Gasteiger partial charge in [0, 0.05) is 46.8 Å². The van der Waals surface area contributed by atoms with Crippen molar-refractivity contribution in [2.75, 3.05) is 14.2 Å². The maximum Gasteiger partial charge on any atom is 0.312 e. The van der Waals surface area contributed by atoms with E-state index in [1.165, 1.54) is 13.4 Å². The predicted octanol–water partition coefficient (Wildman–Crippen LogP) is 5.36. The third-order valence-corrected chi connectivity index (χ3v) is 7.68. The summed E-state index contributed by atoms with van der Waals surface area (Å²) in [5, 5.41) is 1.21. The number of Topliss-reactive ketones (excluding diaryl/α,β-unsaturated/α-hetero) is 1. The molecule has 4 heterocycles. The number of aryl methyl sites for hydroxylation is 1. The monoisotopic (exact) mass is 549 g/mol. The molecular formula is C32H23NO8. The number of esters is 1. The van der Waals surface area contributed by atoms with E-state index in [1.54, 1.807) is 43.5 Å². The number of allylic oxidation sites excluding steroid dienone is 1. The van der Waals surface area contributed by atoms with E-state index in [-0.39, 0.29) is 40.5 Å². The van der Waals surface area contributed by atoms with Crippen LogP contribution in [0.1, 0.15) is 39.4 Å². The number of hydrogen-bond donors (Lipinski definition) is 0. The minimum absolute atomic E-state index is 0.120. The highest BCUT2D eigenvalue weighted by Gasteiger charge is 2.39. The molecule has 0 amide bonds. The van der Waals surface area contributed by atoms with Gasteiger partial charge < -0.3 is 27.9 Å². The van der Waals surface area contributed by atoms with E-state index >= 15 is 0 Å². The molecule has 0 saturated carbocycles. The number of fused-ring (bicyclic) bond motifs is 5. The maximum absolute atomic E-state index is 13.7. The van der Waals surface area contributed by atoms with Gasteiger partial charge in [-0.05, 0) is 54.6 Å². The fourth-order valence-electron chi connectivity index (χ4n) is 5.65. The Bertz CT molecular complexity index is 2030. The number of aromatic nitrogens is 1. The number of carbonyl (C=O) groups is 2. The lowest BCUT2D eigenvalue weighted by Gasteiger charge is -2.25. The molecule has 0 spiro atoms. The van der Waals surface area contributed by atoms with Crippen LogP contribution < -0.4 is 24.4 Å². The van der Waals surface area contributed by atoms with E-state index in [4.69, 9.17) is 23.4 Å². The summed E-state index contributed by atoms with van der Waals surface area (Å²) in [6.07, 6.45) is 4.84. The Labute approximate surface area is 233 Å².